The van der Waals surface area contributed by atoms with E-state index >= 15 is 0 Å². The lowest BCUT2D eigenvalue weighted by molar-refractivity contribution is -0.119. The number of rotatable bonds is 6. The van der Waals surface area contributed by atoms with Gasteiger partial charge in [-0.1, -0.05) is 45.4 Å². The summed E-state index contributed by atoms with van der Waals surface area (Å²) < 4.78 is 2.12. The third-order valence-corrected chi connectivity index (χ3v) is 6.14. The van der Waals surface area contributed by atoms with E-state index in [2.05, 4.69) is 63.7 Å². The molecule has 0 fully saturated rings. The summed E-state index contributed by atoms with van der Waals surface area (Å²) in [6, 6.07) is 20.0. The maximum absolute atomic E-state index is 13.2. The number of anilines is 2. The first-order chi connectivity index (χ1) is 17.7. The highest BCUT2D eigenvalue weighted by atomic mass is 16.2. The Morgan fingerprint density at radius 1 is 1.06 bits per heavy atom. The molecule has 1 atom stereocenters. The Balaban J connectivity index is 0.000000861. The summed E-state index contributed by atoms with van der Waals surface area (Å²) in [6.45, 7) is 6.95. The van der Waals surface area contributed by atoms with Crippen LogP contribution in [0.15, 0.2) is 66.9 Å². The van der Waals surface area contributed by atoms with Crippen LogP contribution in [0.1, 0.15) is 45.3 Å². The fourth-order valence-corrected chi connectivity index (χ4v) is 4.44. The van der Waals surface area contributed by atoms with E-state index in [1.165, 1.54) is 7.05 Å². The molecule has 0 radical (unpaired) electrons. The summed E-state index contributed by atoms with van der Waals surface area (Å²) in [5, 5.41) is 3.15. The molecule has 1 unspecified atom stereocenters. The van der Waals surface area contributed by atoms with Crippen molar-refractivity contribution in [3.8, 4) is 11.4 Å². The zero-order chi connectivity index (χ0) is 26.1. The zero-order valence-electron chi connectivity index (χ0n) is 22.0. The van der Waals surface area contributed by atoms with Gasteiger partial charge < -0.3 is 20.5 Å². The number of nitrogens with two attached hydrogens (primary N) is 1. The van der Waals surface area contributed by atoms with Gasteiger partial charge in [0.15, 0.2) is 0 Å². The quantitative estimate of drug-likeness (QED) is 0.366. The van der Waals surface area contributed by atoms with Crippen molar-refractivity contribution in [3.63, 3.8) is 0 Å². The number of fused-ring (bicyclic) bond motifs is 5. The minimum atomic E-state index is -0.278. The lowest BCUT2D eigenvalue weighted by Crippen LogP contribution is -2.24. The molecule has 4 aromatic rings. The van der Waals surface area contributed by atoms with Crippen molar-refractivity contribution >= 4 is 28.3 Å². The van der Waals surface area contributed by atoms with Gasteiger partial charge in [-0.05, 0) is 55.9 Å². The summed E-state index contributed by atoms with van der Waals surface area (Å²) >= 11 is 0. The topological polar surface area (TPSA) is 89.1 Å². The number of benzene rings is 2. The molecule has 0 bridgehead atoms. The fraction of sp³-hybridized carbons (Fsp3) is 0.345. The average Bonchev–Trinajstić information content (AvgIpc) is 3.27. The average molecular weight is 487 g/mol. The molecule has 190 valence electrons. The molecule has 1 aliphatic heterocycles. The highest BCUT2D eigenvalue weighted by Crippen LogP contribution is 2.39. The molecule has 0 saturated heterocycles. The third kappa shape index (κ3) is 5.57. The van der Waals surface area contributed by atoms with Crippen LogP contribution < -0.4 is 16.0 Å². The molecule has 5 rings (SSSR count). The molecular formula is C29H38N6O. The number of carbonyl (C=O) groups is 1. The summed E-state index contributed by atoms with van der Waals surface area (Å²) in [5.74, 6) is 0.865. The number of para-hydroxylation sites is 2. The first kappa shape index (κ1) is 26.9. The third-order valence-electron chi connectivity index (χ3n) is 6.14. The Morgan fingerprint density at radius 3 is 2.53 bits per heavy atom. The van der Waals surface area contributed by atoms with Crippen molar-refractivity contribution in [2.24, 2.45) is 5.73 Å². The molecular weight excluding hydrogens is 448 g/mol. The second-order valence-electron chi connectivity index (χ2n) is 8.31. The fourth-order valence-electron chi connectivity index (χ4n) is 4.44. The van der Waals surface area contributed by atoms with Crippen LogP contribution in [-0.4, -0.2) is 41.1 Å². The molecule has 7 nitrogen and oxygen atoms in total. The molecule has 2 aromatic heterocycles. The summed E-state index contributed by atoms with van der Waals surface area (Å²) in [6.07, 6.45) is 4.38. The van der Waals surface area contributed by atoms with Gasteiger partial charge in [0.25, 0.3) is 0 Å². The Kier molecular flexibility index (Phi) is 9.59. The van der Waals surface area contributed by atoms with Crippen LogP contribution in [0.4, 0.5) is 11.4 Å². The van der Waals surface area contributed by atoms with Crippen molar-refractivity contribution in [1.29, 1.82) is 0 Å². The summed E-state index contributed by atoms with van der Waals surface area (Å²) in [7, 11) is 3.59. The number of amides is 1. The normalized spacial score (nSPS) is 13.7. The van der Waals surface area contributed by atoms with Crippen molar-refractivity contribution in [3.05, 3.63) is 72.6 Å². The van der Waals surface area contributed by atoms with Crippen LogP contribution in [0.3, 0.4) is 0 Å². The summed E-state index contributed by atoms with van der Waals surface area (Å²) in [4.78, 5) is 24.8. The van der Waals surface area contributed by atoms with Crippen LogP contribution in [0.5, 0.6) is 0 Å². The Morgan fingerprint density at radius 2 is 1.81 bits per heavy atom. The summed E-state index contributed by atoms with van der Waals surface area (Å²) in [5.41, 5.74) is 10.3. The van der Waals surface area contributed by atoms with Crippen LogP contribution >= 0.6 is 0 Å². The van der Waals surface area contributed by atoms with Crippen molar-refractivity contribution in [2.45, 2.75) is 46.1 Å². The maximum atomic E-state index is 13.2. The molecule has 3 N–H and O–H groups in total. The number of pyridine rings is 1. The van der Waals surface area contributed by atoms with Crippen molar-refractivity contribution in [2.75, 3.05) is 30.9 Å². The molecule has 0 spiro atoms. The largest absolute Gasteiger partial charge is 0.374 e. The van der Waals surface area contributed by atoms with Gasteiger partial charge in [0.05, 0.1) is 16.7 Å². The first-order valence-corrected chi connectivity index (χ1v) is 12.8. The Labute approximate surface area is 214 Å². The van der Waals surface area contributed by atoms with Crippen LogP contribution in [0, 0.1) is 0 Å². The highest BCUT2D eigenvalue weighted by Gasteiger charge is 2.30. The molecule has 3 heterocycles. The van der Waals surface area contributed by atoms with E-state index in [1.807, 2.05) is 56.4 Å². The second-order valence-corrected chi connectivity index (χ2v) is 8.31. The van der Waals surface area contributed by atoms with Crippen LogP contribution in [0.2, 0.25) is 0 Å². The number of aromatic nitrogens is 3. The van der Waals surface area contributed by atoms with E-state index in [0.29, 0.717) is 0 Å². The molecule has 36 heavy (non-hydrogen) atoms. The minimum absolute atomic E-state index is 0.0197. The molecule has 2 aromatic carbocycles. The van der Waals surface area contributed by atoms with Gasteiger partial charge in [-0.2, -0.15) is 0 Å². The number of imidazole rings is 1. The van der Waals surface area contributed by atoms with Gasteiger partial charge in [-0.15, -0.1) is 0 Å². The van der Waals surface area contributed by atoms with E-state index < -0.39 is 0 Å². The predicted octanol–water partition coefficient (Wildman–Crippen LogP) is 5.67. The SMILES string of the molecule is CC.CCCC1C(=O)Nc2ccc(N(C)CCc3ccccn3)cc2-c2nc3ccccc3n21.CN. The van der Waals surface area contributed by atoms with Crippen molar-refractivity contribution in [1.82, 2.24) is 14.5 Å². The van der Waals surface area contributed by atoms with Crippen molar-refractivity contribution < 1.29 is 4.79 Å². The number of hydrogen-bond acceptors (Lipinski definition) is 5. The second kappa shape index (κ2) is 12.8. The molecule has 0 saturated carbocycles. The van der Waals surface area contributed by atoms with Crippen LogP contribution in [-0.2, 0) is 11.2 Å². The van der Waals surface area contributed by atoms with E-state index in [0.717, 1.165) is 65.3 Å². The lowest BCUT2D eigenvalue weighted by atomic mass is 10.1. The number of nitrogens with zero attached hydrogens (tertiary/aromatic N) is 4. The highest BCUT2D eigenvalue weighted by molar-refractivity contribution is 6.02. The molecule has 1 amide bonds. The Hall–Kier alpha value is -3.71. The molecule has 0 aliphatic carbocycles. The van der Waals surface area contributed by atoms with E-state index in [-0.39, 0.29) is 11.9 Å². The number of hydrogen-bond donors (Lipinski definition) is 2. The smallest absolute Gasteiger partial charge is 0.247 e. The number of nitrogens with one attached hydrogen (secondary N) is 1. The zero-order valence-corrected chi connectivity index (χ0v) is 22.0. The van der Waals surface area contributed by atoms with Gasteiger partial charge >= 0.3 is 0 Å². The first-order valence-electron chi connectivity index (χ1n) is 12.8. The van der Waals surface area contributed by atoms with E-state index in [4.69, 9.17) is 4.98 Å². The van der Waals surface area contributed by atoms with Gasteiger partial charge in [0.1, 0.15) is 11.9 Å². The van der Waals surface area contributed by atoms with Gasteiger partial charge in [-0.25, -0.2) is 4.98 Å². The van der Waals surface area contributed by atoms with Crippen LogP contribution in [0.25, 0.3) is 22.4 Å². The van der Waals surface area contributed by atoms with Gasteiger partial charge in [-0.3, -0.25) is 9.78 Å². The molecule has 1 aliphatic rings. The van der Waals surface area contributed by atoms with Gasteiger partial charge in [0.2, 0.25) is 5.91 Å². The Bertz CT molecular complexity index is 1270. The number of carbonyl (C=O) groups excluding carboxylic acids is 1. The monoisotopic (exact) mass is 486 g/mol. The standard InChI is InChI=1S/C26H27N5O.C2H6.CH5N/c1-3-8-24-26(32)29-21-13-12-19(30(2)16-14-18-9-6-7-15-27-18)17-20(21)25-28-22-10-4-5-11-23(22)31(24)25;2*1-2/h4-7,9-13,15,17,24H,3,8,14,16H2,1-2H3,(H,29,32);1-2H3;2H2,1H3. The maximum Gasteiger partial charge on any atom is 0.247 e. The minimum Gasteiger partial charge on any atom is -0.374 e. The van der Waals surface area contributed by atoms with E-state index in [9.17, 15) is 4.79 Å². The molecule has 7 heteroatoms. The van der Waals surface area contributed by atoms with Gasteiger partial charge in [0, 0.05) is 43.2 Å². The lowest BCUT2D eigenvalue weighted by Gasteiger charge is -2.20. The number of likely N-dealkylation sites (N-methyl/N-ethyl adjacent to an activating group) is 1. The predicted molar refractivity (Wildman–Crippen MR) is 150 cm³/mol. The van der Waals surface area contributed by atoms with E-state index in [1.54, 1.807) is 0 Å².